The van der Waals surface area contributed by atoms with Crippen molar-refractivity contribution < 1.29 is 4.74 Å². The number of rotatable bonds is 0. The molecule has 2 heteroatoms. The van der Waals surface area contributed by atoms with Crippen LogP contribution in [-0.2, 0) is 4.74 Å². The first kappa shape index (κ1) is 6.44. The average Bonchev–Trinajstić information content (AvgIpc) is 2.71. The Balaban J connectivity index is 1.82. The standard InChI is InChI=1S/C9H15NO/c1-10-5-4-6-7(10)2-3-8-9(6)11-8/h6-9H,2-5H2,1H3. The van der Waals surface area contributed by atoms with E-state index in [2.05, 4.69) is 11.9 Å². The summed E-state index contributed by atoms with van der Waals surface area (Å²) in [6, 6.07) is 0.860. The molecule has 1 saturated carbocycles. The first-order valence-electron chi connectivity index (χ1n) is 4.72. The Morgan fingerprint density at radius 1 is 1.27 bits per heavy atom. The van der Waals surface area contributed by atoms with E-state index in [1.807, 2.05) is 0 Å². The van der Waals surface area contributed by atoms with Gasteiger partial charge in [-0.25, -0.2) is 0 Å². The summed E-state index contributed by atoms with van der Waals surface area (Å²) >= 11 is 0. The van der Waals surface area contributed by atoms with Crippen molar-refractivity contribution in [2.24, 2.45) is 5.92 Å². The van der Waals surface area contributed by atoms with Gasteiger partial charge >= 0.3 is 0 Å². The fourth-order valence-electron chi connectivity index (χ4n) is 2.96. The molecule has 0 aromatic heterocycles. The third-order valence-electron chi connectivity index (χ3n) is 3.67. The predicted octanol–water partition coefficient (Wildman–Crippen LogP) is 0.868. The second kappa shape index (κ2) is 1.99. The van der Waals surface area contributed by atoms with Gasteiger partial charge in [0.15, 0.2) is 0 Å². The van der Waals surface area contributed by atoms with E-state index in [1.54, 1.807) is 0 Å². The highest BCUT2D eigenvalue weighted by molar-refractivity contribution is 5.04. The Hall–Kier alpha value is -0.0800. The summed E-state index contributed by atoms with van der Waals surface area (Å²) < 4.78 is 5.61. The molecule has 0 aromatic rings. The second-order valence-electron chi connectivity index (χ2n) is 4.22. The minimum absolute atomic E-state index is 0.665. The van der Waals surface area contributed by atoms with Gasteiger partial charge in [0, 0.05) is 12.0 Å². The van der Waals surface area contributed by atoms with Gasteiger partial charge in [-0.05, 0) is 32.9 Å². The fourth-order valence-corrected chi connectivity index (χ4v) is 2.96. The molecule has 3 rings (SSSR count). The number of nitrogens with zero attached hydrogens (tertiary/aromatic N) is 1. The number of epoxide rings is 1. The highest BCUT2D eigenvalue weighted by atomic mass is 16.6. The molecule has 2 nitrogen and oxygen atoms in total. The number of hydrogen-bond acceptors (Lipinski definition) is 2. The Labute approximate surface area is 67.5 Å². The molecule has 3 fully saturated rings. The summed E-state index contributed by atoms with van der Waals surface area (Å²) in [5.74, 6) is 0.888. The first-order valence-corrected chi connectivity index (χ1v) is 4.72. The monoisotopic (exact) mass is 153 g/mol. The van der Waals surface area contributed by atoms with Crippen molar-refractivity contribution >= 4 is 0 Å². The number of hydrogen-bond donors (Lipinski definition) is 0. The van der Waals surface area contributed by atoms with Gasteiger partial charge < -0.3 is 9.64 Å². The van der Waals surface area contributed by atoms with Crippen LogP contribution in [0.25, 0.3) is 0 Å². The van der Waals surface area contributed by atoms with Crippen LogP contribution in [-0.4, -0.2) is 36.7 Å². The lowest BCUT2D eigenvalue weighted by atomic mass is 9.85. The molecule has 4 unspecified atom stereocenters. The molecule has 3 aliphatic rings. The maximum Gasteiger partial charge on any atom is 0.0885 e. The van der Waals surface area contributed by atoms with E-state index in [4.69, 9.17) is 4.74 Å². The topological polar surface area (TPSA) is 15.8 Å². The van der Waals surface area contributed by atoms with Gasteiger partial charge in [0.05, 0.1) is 12.2 Å². The molecule has 0 N–H and O–H groups in total. The van der Waals surface area contributed by atoms with E-state index >= 15 is 0 Å². The van der Waals surface area contributed by atoms with Crippen molar-refractivity contribution in [1.82, 2.24) is 4.90 Å². The van der Waals surface area contributed by atoms with Crippen LogP contribution in [0.2, 0.25) is 0 Å². The van der Waals surface area contributed by atoms with Crippen LogP contribution in [0.3, 0.4) is 0 Å². The summed E-state index contributed by atoms with van der Waals surface area (Å²) in [5, 5.41) is 0. The molecule has 0 bridgehead atoms. The van der Waals surface area contributed by atoms with Crippen LogP contribution in [0, 0.1) is 5.92 Å². The molecule has 2 aliphatic heterocycles. The van der Waals surface area contributed by atoms with Crippen molar-refractivity contribution in [3.8, 4) is 0 Å². The number of fused-ring (bicyclic) bond motifs is 3. The molecule has 0 aromatic carbocycles. The molecule has 2 saturated heterocycles. The summed E-state index contributed by atoms with van der Waals surface area (Å²) in [4.78, 5) is 2.52. The van der Waals surface area contributed by atoms with E-state index in [0.29, 0.717) is 12.2 Å². The van der Waals surface area contributed by atoms with Gasteiger partial charge in [-0.1, -0.05) is 0 Å². The summed E-state index contributed by atoms with van der Waals surface area (Å²) in [5.41, 5.74) is 0. The average molecular weight is 153 g/mol. The van der Waals surface area contributed by atoms with Crippen molar-refractivity contribution in [3.63, 3.8) is 0 Å². The number of likely N-dealkylation sites (tertiary alicyclic amines) is 1. The largest absolute Gasteiger partial charge is 0.369 e. The van der Waals surface area contributed by atoms with Crippen LogP contribution in [0.1, 0.15) is 19.3 Å². The smallest absolute Gasteiger partial charge is 0.0885 e. The van der Waals surface area contributed by atoms with Crippen molar-refractivity contribution in [2.75, 3.05) is 13.6 Å². The summed E-state index contributed by atoms with van der Waals surface area (Å²) in [7, 11) is 2.26. The van der Waals surface area contributed by atoms with E-state index in [1.165, 1.54) is 25.8 Å². The van der Waals surface area contributed by atoms with Crippen LogP contribution >= 0.6 is 0 Å². The molecule has 1 aliphatic carbocycles. The number of ether oxygens (including phenoxy) is 1. The molecule has 0 radical (unpaired) electrons. The molecule has 2 heterocycles. The minimum Gasteiger partial charge on any atom is -0.369 e. The van der Waals surface area contributed by atoms with Gasteiger partial charge in [-0.2, -0.15) is 0 Å². The molecule has 0 amide bonds. The van der Waals surface area contributed by atoms with E-state index in [0.717, 1.165) is 12.0 Å². The Morgan fingerprint density at radius 2 is 2.18 bits per heavy atom. The lowest BCUT2D eigenvalue weighted by Crippen LogP contribution is -2.35. The van der Waals surface area contributed by atoms with Gasteiger partial charge in [0.1, 0.15) is 0 Å². The zero-order chi connectivity index (χ0) is 7.42. The Bertz CT molecular complexity index is 182. The lowest BCUT2D eigenvalue weighted by molar-refractivity contribution is 0.226. The Morgan fingerprint density at radius 3 is 3.09 bits per heavy atom. The first-order chi connectivity index (χ1) is 5.36. The summed E-state index contributed by atoms with van der Waals surface area (Å²) in [6.45, 7) is 1.29. The van der Waals surface area contributed by atoms with Gasteiger partial charge in [-0.15, -0.1) is 0 Å². The zero-order valence-corrected chi connectivity index (χ0v) is 6.99. The fraction of sp³-hybridized carbons (Fsp3) is 1.00. The van der Waals surface area contributed by atoms with Gasteiger partial charge in [0.2, 0.25) is 0 Å². The van der Waals surface area contributed by atoms with E-state index < -0.39 is 0 Å². The van der Waals surface area contributed by atoms with E-state index in [9.17, 15) is 0 Å². The van der Waals surface area contributed by atoms with Gasteiger partial charge in [0.25, 0.3) is 0 Å². The van der Waals surface area contributed by atoms with Crippen LogP contribution < -0.4 is 0 Å². The van der Waals surface area contributed by atoms with Crippen LogP contribution in [0.5, 0.6) is 0 Å². The predicted molar refractivity (Wildman–Crippen MR) is 42.4 cm³/mol. The molecule has 62 valence electrons. The Kier molecular flexibility index (Phi) is 1.16. The van der Waals surface area contributed by atoms with E-state index in [-0.39, 0.29) is 0 Å². The third kappa shape index (κ3) is 0.798. The highest BCUT2D eigenvalue weighted by Gasteiger charge is 2.53. The molecule has 0 spiro atoms. The molecule has 4 atom stereocenters. The SMILES string of the molecule is CN1CCC2C3OC3CCC21. The van der Waals surface area contributed by atoms with Crippen molar-refractivity contribution in [1.29, 1.82) is 0 Å². The molecule has 11 heavy (non-hydrogen) atoms. The molecular weight excluding hydrogens is 138 g/mol. The van der Waals surface area contributed by atoms with Crippen LogP contribution in [0.15, 0.2) is 0 Å². The maximum atomic E-state index is 5.61. The van der Waals surface area contributed by atoms with Crippen molar-refractivity contribution in [2.45, 2.75) is 37.5 Å². The lowest BCUT2D eigenvalue weighted by Gasteiger charge is -2.26. The van der Waals surface area contributed by atoms with Crippen molar-refractivity contribution in [3.05, 3.63) is 0 Å². The quantitative estimate of drug-likeness (QED) is 0.480. The minimum atomic E-state index is 0.665. The normalized spacial score (nSPS) is 55.4. The van der Waals surface area contributed by atoms with Gasteiger partial charge in [-0.3, -0.25) is 0 Å². The van der Waals surface area contributed by atoms with Crippen LogP contribution in [0.4, 0.5) is 0 Å². The maximum absolute atomic E-state index is 5.61. The highest BCUT2D eigenvalue weighted by Crippen LogP contribution is 2.46. The zero-order valence-electron chi connectivity index (χ0n) is 6.99. The molecular formula is C9H15NO. The second-order valence-corrected chi connectivity index (χ2v) is 4.22. The third-order valence-corrected chi connectivity index (χ3v) is 3.67. The summed E-state index contributed by atoms with van der Waals surface area (Å²) in [6.07, 6.45) is 5.40.